The van der Waals surface area contributed by atoms with Crippen molar-refractivity contribution in [2.24, 2.45) is 0 Å². The van der Waals surface area contributed by atoms with E-state index in [1.165, 1.54) is 5.56 Å². The summed E-state index contributed by atoms with van der Waals surface area (Å²) in [4.78, 5) is 8.46. The topological polar surface area (TPSA) is 63.8 Å². The third kappa shape index (κ3) is 2.48. The molecule has 0 amide bonds. The Morgan fingerprint density at radius 3 is 2.88 bits per heavy atom. The van der Waals surface area contributed by atoms with Gasteiger partial charge in [-0.15, -0.1) is 0 Å². The quantitative estimate of drug-likeness (QED) is 0.820. The molecule has 0 atom stereocenters. The number of nitrogens with two attached hydrogens (primary N) is 1. The third-order valence-electron chi connectivity index (χ3n) is 2.34. The Kier molecular flexibility index (Phi) is 3.00. The van der Waals surface area contributed by atoms with Crippen molar-refractivity contribution in [2.75, 3.05) is 11.1 Å². The van der Waals surface area contributed by atoms with Crippen molar-refractivity contribution < 1.29 is 0 Å². The summed E-state index contributed by atoms with van der Waals surface area (Å²) in [5.74, 6) is 0.769. The highest BCUT2D eigenvalue weighted by Crippen LogP contribution is 2.10. The van der Waals surface area contributed by atoms with E-state index >= 15 is 0 Å². The van der Waals surface area contributed by atoms with Crippen LogP contribution in [0.1, 0.15) is 11.3 Å². The van der Waals surface area contributed by atoms with Gasteiger partial charge in [0, 0.05) is 24.1 Å². The first-order valence-corrected chi connectivity index (χ1v) is 5.11. The molecular formula is C12H14N4. The number of pyridine rings is 2. The van der Waals surface area contributed by atoms with E-state index in [0.717, 1.165) is 11.5 Å². The minimum atomic E-state index is 0.656. The summed E-state index contributed by atoms with van der Waals surface area (Å²) in [7, 11) is 0. The van der Waals surface area contributed by atoms with Crippen LogP contribution in [0.5, 0.6) is 0 Å². The average Bonchev–Trinajstić information content (AvgIpc) is 2.28. The van der Waals surface area contributed by atoms with E-state index in [2.05, 4.69) is 15.3 Å². The van der Waals surface area contributed by atoms with E-state index in [9.17, 15) is 0 Å². The molecule has 0 aliphatic rings. The molecule has 0 aromatic carbocycles. The Hall–Kier alpha value is -2.10. The molecule has 0 spiro atoms. The number of nitrogens with one attached hydrogen (secondary N) is 1. The minimum absolute atomic E-state index is 0.656. The lowest BCUT2D eigenvalue weighted by Gasteiger charge is -2.07. The Balaban J connectivity index is 2.05. The molecule has 4 nitrogen and oxygen atoms in total. The van der Waals surface area contributed by atoms with Crippen molar-refractivity contribution in [3.05, 3.63) is 47.9 Å². The van der Waals surface area contributed by atoms with Crippen LogP contribution in [0, 0.1) is 6.92 Å². The molecule has 0 aliphatic carbocycles. The molecule has 0 bridgehead atoms. The minimum Gasteiger partial charge on any atom is -0.399 e. The predicted octanol–water partition coefficient (Wildman–Crippen LogP) is 1.98. The van der Waals surface area contributed by atoms with Crippen LogP contribution >= 0.6 is 0 Å². The maximum absolute atomic E-state index is 5.66. The molecular weight excluding hydrogens is 200 g/mol. The van der Waals surface area contributed by atoms with E-state index in [1.807, 2.05) is 19.1 Å². The van der Waals surface area contributed by atoms with Gasteiger partial charge in [0.25, 0.3) is 0 Å². The largest absolute Gasteiger partial charge is 0.399 e. The lowest BCUT2D eigenvalue weighted by atomic mass is 10.2. The molecule has 0 saturated heterocycles. The van der Waals surface area contributed by atoms with Crippen molar-refractivity contribution in [3.63, 3.8) is 0 Å². The smallest absolute Gasteiger partial charge is 0.128 e. The van der Waals surface area contributed by atoms with Crippen LogP contribution in [0.25, 0.3) is 0 Å². The fourth-order valence-electron chi connectivity index (χ4n) is 1.42. The van der Waals surface area contributed by atoms with E-state index < -0.39 is 0 Å². The highest BCUT2D eigenvalue weighted by atomic mass is 15.0. The van der Waals surface area contributed by atoms with E-state index in [0.29, 0.717) is 12.2 Å². The molecule has 4 heteroatoms. The van der Waals surface area contributed by atoms with Gasteiger partial charge >= 0.3 is 0 Å². The molecule has 0 aliphatic heterocycles. The van der Waals surface area contributed by atoms with Crippen molar-refractivity contribution in [2.45, 2.75) is 13.5 Å². The van der Waals surface area contributed by atoms with Gasteiger partial charge in [-0.1, -0.05) is 6.07 Å². The first-order chi connectivity index (χ1) is 7.75. The number of nitrogen functional groups attached to an aromatic ring is 1. The van der Waals surface area contributed by atoms with Crippen molar-refractivity contribution in [3.8, 4) is 0 Å². The summed E-state index contributed by atoms with van der Waals surface area (Å²) in [5.41, 5.74) is 8.55. The molecule has 16 heavy (non-hydrogen) atoms. The first-order valence-electron chi connectivity index (χ1n) is 5.11. The third-order valence-corrected chi connectivity index (χ3v) is 2.34. The zero-order valence-corrected chi connectivity index (χ0v) is 9.14. The second-order valence-corrected chi connectivity index (χ2v) is 3.59. The van der Waals surface area contributed by atoms with Gasteiger partial charge in [0.15, 0.2) is 0 Å². The van der Waals surface area contributed by atoms with Crippen LogP contribution in [0.15, 0.2) is 36.7 Å². The zero-order valence-electron chi connectivity index (χ0n) is 9.14. The summed E-state index contributed by atoms with van der Waals surface area (Å²) in [5, 5.41) is 3.19. The molecule has 2 heterocycles. The Morgan fingerprint density at radius 1 is 1.25 bits per heavy atom. The van der Waals surface area contributed by atoms with Crippen LogP contribution in [0.3, 0.4) is 0 Å². The van der Waals surface area contributed by atoms with Gasteiger partial charge in [-0.05, 0) is 24.6 Å². The maximum Gasteiger partial charge on any atom is 0.128 e. The molecule has 0 unspecified atom stereocenters. The van der Waals surface area contributed by atoms with Crippen LogP contribution in [0.4, 0.5) is 11.5 Å². The molecule has 2 aromatic rings. The predicted molar refractivity (Wildman–Crippen MR) is 65.0 cm³/mol. The second-order valence-electron chi connectivity index (χ2n) is 3.59. The lowest BCUT2D eigenvalue weighted by Crippen LogP contribution is -2.05. The van der Waals surface area contributed by atoms with Crippen molar-refractivity contribution in [1.29, 1.82) is 0 Å². The number of anilines is 2. The SMILES string of the molecule is Cc1cccnc1CNc1cc(N)ccn1. The number of hydrogen-bond acceptors (Lipinski definition) is 4. The highest BCUT2D eigenvalue weighted by Gasteiger charge is 1.99. The van der Waals surface area contributed by atoms with Crippen molar-refractivity contribution in [1.82, 2.24) is 9.97 Å². The summed E-state index contributed by atoms with van der Waals surface area (Å²) >= 11 is 0. The maximum atomic E-state index is 5.66. The lowest BCUT2D eigenvalue weighted by molar-refractivity contribution is 1.01. The highest BCUT2D eigenvalue weighted by molar-refractivity contribution is 5.48. The zero-order chi connectivity index (χ0) is 11.4. The normalized spacial score (nSPS) is 10.1. The molecule has 0 fully saturated rings. The number of nitrogens with zero attached hydrogens (tertiary/aromatic N) is 2. The van der Waals surface area contributed by atoms with Gasteiger partial charge in [0.2, 0.25) is 0 Å². The number of hydrogen-bond donors (Lipinski definition) is 2. The molecule has 2 aromatic heterocycles. The van der Waals surface area contributed by atoms with E-state index in [-0.39, 0.29) is 0 Å². The molecule has 0 saturated carbocycles. The van der Waals surface area contributed by atoms with E-state index in [4.69, 9.17) is 5.73 Å². The number of rotatable bonds is 3. The van der Waals surface area contributed by atoms with Crippen LogP contribution in [0.2, 0.25) is 0 Å². The fraction of sp³-hybridized carbons (Fsp3) is 0.167. The molecule has 2 rings (SSSR count). The van der Waals surface area contributed by atoms with E-state index in [1.54, 1.807) is 24.5 Å². The summed E-state index contributed by atoms with van der Waals surface area (Å²) in [6, 6.07) is 7.53. The Bertz CT molecular complexity index is 482. The summed E-state index contributed by atoms with van der Waals surface area (Å²) in [6.45, 7) is 2.69. The fourth-order valence-corrected chi connectivity index (χ4v) is 1.42. The van der Waals surface area contributed by atoms with Crippen molar-refractivity contribution >= 4 is 11.5 Å². The number of aromatic nitrogens is 2. The van der Waals surface area contributed by atoms with Gasteiger partial charge < -0.3 is 11.1 Å². The second kappa shape index (κ2) is 4.61. The molecule has 82 valence electrons. The van der Waals surface area contributed by atoms with Gasteiger partial charge in [-0.25, -0.2) is 4.98 Å². The van der Waals surface area contributed by atoms with Crippen LogP contribution in [-0.2, 0) is 6.54 Å². The Morgan fingerprint density at radius 2 is 2.12 bits per heavy atom. The van der Waals surface area contributed by atoms with Gasteiger partial charge in [-0.3, -0.25) is 4.98 Å². The summed E-state index contributed by atoms with van der Waals surface area (Å²) in [6.07, 6.45) is 3.47. The number of aryl methyl sites for hydroxylation is 1. The standard InChI is InChI=1S/C12H14N4/c1-9-3-2-5-14-11(9)8-16-12-7-10(13)4-6-15-12/h2-7H,8H2,1H3,(H3,13,15,16). The van der Waals surface area contributed by atoms with Gasteiger partial charge in [-0.2, -0.15) is 0 Å². The Labute approximate surface area is 94.5 Å². The first kappa shape index (κ1) is 10.4. The average molecular weight is 214 g/mol. The van der Waals surface area contributed by atoms with Gasteiger partial charge in [0.1, 0.15) is 5.82 Å². The van der Waals surface area contributed by atoms with Crippen LogP contribution in [-0.4, -0.2) is 9.97 Å². The molecule has 0 radical (unpaired) electrons. The van der Waals surface area contributed by atoms with Gasteiger partial charge in [0.05, 0.1) is 12.2 Å². The summed E-state index contributed by atoms with van der Waals surface area (Å²) < 4.78 is 0. The monoisotopic (exact) mass is 214 g/mol. The van der Waals surface area contributed by atoms with Crippen LogP contribution < -0.4 is 11.1 Å². The molecule has 3 N–H and O–H groups in total.